The van der Waals surface area contributed by atoms with Crippen molar-refractivity contribution in [2.75, 3.05) is 7.11 Å². The van der Waals surface area contributed by atoms with Crippen molar-refractivity contribution in [3.8, 4) is 5.75 Å². The molecule has 21 heavy (non-hydrogen) atoms. The van der Waals surface area contributed by atoms with E-state index >= 15 is 0 Å². The van der Waals surface area contributed by atoms with Crippen LogP contribution in [0.2, 0.25) is 0 Å². The monoisotopic (exact) mass is 302 g/mol. The number of aromatic nitrogens is 2. The van der Waals surface area contributed by atoms with Crippen molar-refractivity contribution in [2.45, 2.75) is 6.54 Å². The summed E-state index contributed by atoms with van der Waals surface area (Å²) < 4.78 is 8.48. The van der Waals surface area contributed by atoms with Crippen molar-refractivity contribution in [3.63, 3.8) is 0 Å². The normalized spacial score (nSPS) is 11.0. The lowest BCUT2D eigenvalue weighted by atomic mass is 10.2. The van der Waals surface area contributed by atoms with Gasteiger partial charge in [0, 0.05) is 7.05 Å². The average molecular weight is 302 g/mol. The van der Waals surface area contributed by atoms with Gasteiger partial charge < -0.3 is 4.74 Å². The Morgan fingerprint density at radius 3 is 2.52 bits per heavy atom. The van der Waals surface area contributed by atoms with E-state index in [1.54, 1.807) is 20.2 Å². The van der Waals surface area contributed by atoms with Crippen molar-refractivity contribution in [3.05, 3.63) is 62.1 Å². The summed E-state index contributed by atoms with van der Waals surface area (Å²) in [5, 5.41) is 1.82. The lowest BCUT2D eigenvalue weighted by molar-refractivity contribution is 0.414. The van der Waals surface area contributed by atoms with Crippen LogP contribution in [0.5, 0.6) is 5.75 Å². The summed E-state index contributed by atoms with van der Waals surface area (Å²) in [6, 6.07) is 9.12. The fraction of sp³-hybridized carbons (Fsp3) is 0.200. The third-order valence-corrected chi connectivity index (χ3v) is 4.35. The van der Waals surface area contributed by atoms with Gasteiger partial charge >= 0.3 is 5.69 Å². The van der Waals surface area contributed by atoms with Crippen LogP contribution in [0.1, 0.15) is 5.56 Å². The molecule has 2 heterocycles. The second kappa shape index (κ2) is 5.21. The maximum atomic E-state index is 12.4. The van der Waals surface area contributed by atoms with E-state index in [0.717, 1.165) is 11.3 Å². The van der Waals surface area contributed by atoms with E-state index in [1.807, 2.05) is 29.6 Å². The number of aryl methyl sites for hydroxylation is 1. The Hall–Kier alpha value is -2.34. The SMILES string of the molecule is COc1ccc(Cn2c(=O)c3sccc3n(C)c2=O)cc1. The molecule has 0 fully saturated rings. The van der Waals surface area contributed by atoms with Crippen molar-refractivity contribution in [1.82, 2.24) is 9.13 Å². The van der Waals surface area contributed by atoms with Crippen LogP contribution in [0.25, 0.3) is 10.2 Å². The Labute approximate surface area is 124 Å². The van der Waals surface area contributed by atoms with Crippen LogP contribution >= 0.6 is 11.3 Å². The van der Waals surface area contributed by atoms with E-state index in [9.17, 15) is 9.59 Å². The van der Waals surface area contributed by atoms with Crippen LogP contribution in [-0.2, 0) is 13.6 Å². The van der Waals surface area contributed by atoms with Gasteiger partial charge in [0.25, 0.3) is 5.56 Å². The number of ether oxygens (including phenoxy) is 1. The topological polar surface area (TPSA) is 53.2 Å². The Kier molecular flexibility index (Phi) is 3.39. The van der Waals surface area contributed by atoms with Gasteiger partial charge in [-0.15, -0.1) is 11.3 Å². The van der Waals surface area contributed by atoms with Gasteiger partial charge in [0.2, 0.25) is 0 Å². The Balaban J connectivity index is 2.11. The predicted octanol–water partition coefficient (Wildman–Crippen LogP) is 1.82. The molecule has 3 rings (SSSR count). The van der Waals surface area contributed by atoms with Crippen LogP contribution in [-0.4, -0.2) is 16.2 Å². The van der Waals surface area contributed by atoms with E-state index in [2.05, 4.69) is 0 Å². The average Bonchev–Trinajstić information content (AvgIpc) is 3.00. The van der Waals surface area contributed by atoms with Gasteiger partial charge in [-0.3, -0.25) is 13.9 Å². The smallest absolute Gasteiger partial charge is 0.331 e. The molecule has 0 spiro atoms. The zero-order valence-corrected chi connectivity index (χ0v) is 12.5. The molecule has 0 bridgehead atoms. The van der Waals surface area contributed by atoms with Gasteiger partial charge in [-0.25, -0.2) is 4.79 Å². The van der Waals surface area contributed by atoms with E-state index in [1.165, 1.54) is 20.5 Å². The molecule has 0 radical (unpaired) electrons. The molecule has 0 N–H and O–H groups in total. The number of rotatable bonds is 3. The largest absolute Gasteiger partial charge is 0.497 e. The first-order chi connectivity index (χ1) is 10.1. The van der Waals surface area contributed by atoms with Crippen molar-refractivity contribution in [2.24, 2.45) is 7.05 Å². The quantitative estimate of drug-likeness (QED) is 0.741. The highest BCUT2D eigenvalue weighted by Crippen LogP contribution is 2.15. The summed E-state index contributed by atoms with van der Waals surface area (Å²) >= 11 is 1.35. The molecule has 108 valence electrons. The molecule has 6 heteroatoms. The number of fused-ring (bicyclic) bond motifs is 1. The number of methoxy groups -OCH3 is 1. The molecule has 0 saturated heterocycles. The molecular weight excluding hydrogens is 288 g/mol. The van der Waals surface area contributed by atoms with Crippen LogP contribution in [0, 0.1) is 0 Å². The minimum absolute atomic E-state index is 0.237. The summed E-state index contributed by atoms with van der Waals surface area (Å²) in [6.45, 7) is 0.253. The highest BCUT2D eigenvalue weighted by molar-refractivity contribution is 7.17. The summed E-state index contributed by atoms with van der Waals surface area (Å²) in [6.07, 6.45) is 0. The summed E-state index contributed by atoms with van der Waals surface area (Å²) in [5.74, 6) is 0.743. The number of nitrogens with zero attached hydrogens (tertiary/aromatic N) is 2. The zero-order valence-electron chi connectivity index (χ0n) is 11.7. The standard InChI is InChI=1S/C15H14N2O3S/c1-16-12-7-8-21-13(12)14(18)17(15(16)19)9-10-3-5-11(20-2)6-4-10/h3-8H,9H2,1-2H3. The third kappa shape index (κ3) is 2.27. The summed E-state index contributed by atoms with van der Waals surface area (Å²) in [5.41, 5.74) is 1.02. The van der Waals surface area contributed by atoms with Gasteiger partial charge in [-0.2, -0.15) is 0 Å². The zero-order chi connectivity index (χ0) is 15.0. The Morgan fingerprint density at radius 1 is 1.14 bits per heavy atom. The van der Waals surface area contributed by atoms with E-state index < -0.39 is 0 Å². The molecule has 5 nitrogen and oxygen atoms in total. The molecule has 0 saturated carbocycles. The molecule has 0 amide bonds. The molecule has 0 aliphatic heterocycles. The first-order valence-electron chi connectivity index (χ1n) is 6.42. The number of benzene rings is 1. The fourth-order valence-electron chi connectivity index (χ4n) is 2.27. The second-order valence-electron chi connectivity index (χ2n) is 4.72. The van der Waals surface area contributed by atoms with Gasteiger partial charge in [0.05, 0.1) is 19.2 Å². The van der Waals surface area contributed by atoms with Crippen LogP contribution in [0.3, 0.4) is 0 Å². The number of hydrogen-bond acceptors (Lipinski definition) is 4. The first-order valence-corrected chi connectivity index (χ1v) is 7.29. The minimum Gasteiger partial charge on any atom is -0.497 e. The van der Waals surface area contributed by atoms with Gasteiger partial charge in [0.1, 0.15) is 10.4 Å². The first kappa shape index (κ1) is 13.6. The van der Waals surface area contributed by atoms with E-state index in [4.69, 9.17) is 4.74 Å². The van der Waals surface area contributed by atoms with Crippen LogP contribution < -0.4 is 16.0 Å². The number of hydrogen-bond donors (Lipinski definition) is 0. The van der Waals surface area contributed by atoms with Crippen molar-refractivity contribution < 1.29 is 4.74 Å². The van der Waals surface area contributed by atoms with Crippen LogP contribution in [0.4, 0.5) is 0 Å². The van der Waals surface area contributed by atoms with Crippen LogP contribution in [0.15, 0.2) is 45.3 Å². The second-order valence-corrected chi connectivity index (χ2v) is 5.63. The molecule has 2 aromatic heterocycles. The Bertz CT molecular complexity index is 903. The maximum absolute atomic E-state index is 12.4. The van der Waals surface area contributed by atoms with E-state index in [-0.39, 0.29) is 17.8 Å². The highest BCUT2D eigenvalue weighted by atomic mass is 32.1. The lowest BCUT2D eigenvalue weighted by Gasteiger charge is -2.09. The Morgan fingerprint density at radius 2 is 1.86 bits per heavy atom. The molecule has 0 aliphatic carbocycles. The van der Waals surface area contributed by atoms with Gasteiger partial charge in [0.15, 0.2) is 0 Å². The van der Waals surface area contributed by atoms with Gasteiger partial charge in [-0.05, 0) is 29.1 Å². The molecular formula is C15H14N2O3S. The van der Waals surface area contributed by atoms with Crippen molar-refractivity contribution >= 4 is 21.6 Å². The minimum atomic E-state index is -0.304. The highest BCUT2D eigenvalue weighted by Gasteiger charge is 2.12. The predicted molar refractivity (Wildman–Crippen MR) is 83.4 cm³/mol. The van der Waals surface area contributed by atoms with Crippen molar-refractivity contribution in [1.29, 1.82) is 0 Å². The fourth-order valence-corrected chi connectivity index (χ4v) is 3.14. The third-order valence-electron chi connectivity index (χ3n) is 3.46. The molecule has 0 atom stereocenters. The molecule has 1 aromatic carbocycles. The summed E-state index contributed by atoms with van der Waals surface area (Å²) in [4.78, 5) is 24.8. The maximum Gasteiger partial charge on any atom is 0.331 e. The molecule has 0 unspecified atom stereocenters. The van der Waals surface area contributed by atoms with E-state index in [0.29, 0.717) is 10.2 Å². The van der Waals surface area contributed by atoms with Gasteiger partial charge in [-0.1, -0.05) is 12.1 Å². The number of thiophene rings is 1. The lowest BCUT2D eigenvalue weighted by Crippen LogP contribution is -2.38. The molecule has 3 aromatic rings. The molecule has 0 aliphatic rings. The summed E-state index contributed by atoms with van der Waals surface area (Å²) in [7, 11) is 3.28.